The van der Waals surface area contributed by atoms with E-state index < -0.39 is 0 Å². The summed E-state index contributed by atoms with van der Waals surface area (Å²) in [6, 6.07) is 8.43. The molecule has 2 nitrogen and oxygen atoms in total. The second kappa shape index (κ2) is 3.73. The van der Waals surface area contributed by atoms with Gasteiger partial charge in [-0.05, 0) is 18.6 Å². The zero-order valence-corrected chi connectivity index (χ0v) is 10.4. The summed E-state index contributed by atoms with van der Waals surface area (Å²) < 4.78 is 4.24. The Labute approximate surface area is 97.7 Å². The fourth-order valence-electron chi connectivity index (χ4n) is 1.58. The molecule has 0 fully saturated rings. The molecule has 14 heavy (non-hydrogen) atoms. The average molecular weight is 299 g/mol. The first-order valence-corrected chi connectivity index (χ1v) is 5.46. The van der Waals surface area contributed by atoms with Gasteiger partial charge in [0.15, 0.2) is 0 Å². The third kappa shape index (κ3) is 1.56. The summed E-state index contributed by atoms with van der Waals surface area (Å²) in [5, 5.41) is 0. The number of benzene rings is 1. The second-order valence-electron chi connectivity index (χ2n) is 3.36. The summed E-state index contributed by atoms with van der Waals surface area (Å²) in [7, 11) is 2.07. The maximum atomic E-state index is 2.30. The summed E-state index contributed by atoms with van der Waals surface area (Å²) in [5.41, 5.74) is 2.59. The van der Waals surface area contributed by atoms with Gasteiger partial charge in [-0.15, -0.1) is 0 Å². The Morgan fingerprint density at radius 2 is 2.00 bits per heavy atom. The van der Waals surface area contributed by atoms with Crippen molar-refractivity contribution in [1.82, 2.24) is 2.78 Å². The highest BCUT2D eigenvalue weighted by atomic mass is 127. The van der Waals surface area contributed by atoms with E-state index in [-0.39, 0.29) is 0 Å². The third-order valence-corrected chi connectivity index (χ3v) is 3.12. The molecule has 0 atom stereocenters. The zero-order chi connectivity index (χ0) is 10.1. The maximum absolute atomic E-state index is 2.30. The van der Waals surface area contributed by atoms with E-state index in [2.05, 4.69) is 80.8 Å². The Hall–Kier alpha value is -0.840. The van der Waals surface area contributed by atoms with E-state index in [0.29, 0.717) is 0 Å². The van der Waals surface area contributed by atoms with Gasteiger partial charge in [0.05, 0.1) is 12.6 Å². The van der Waals surface area contributed by atoms with Gasteiger partial charge in [-0.2, -0.15) is 2.78 Å². The normalized spacial score (nSPS) is 10.5. The van der Waals surface area contributed by atoms with Crippen molar-refractivity contribution in [2.24, 2.45) is 7.05 Å². The molecule has 0 N–H and O–H groups in total. The molecule has 0 saturated carbocycles. The Kier molecular flexibility index (Phi) is 2.58. The van der Waals surface area contributed by atoms with Crippen LogP contribution >= 0.6 is 22.9 Å². The summed E-state index contributed by atoms with van der Waals surface area (Å²) >= 11 is 2.30. The van der Waals surface area contributed by atoms with Crippen molar-refractivity contribution in [1.29, 1.82) is 0 Å². The largest absolute Gasteiger partial charge is 0.297 e. The lowest BCUT2D eigenvalue weighted by Crippen LogP contribution is -2.28. The minimum Gasteiger partial charge on any atom is -0.232 e. The van der Waals surface area contributed by atoms with Gasteiger partial charge in [0.25, 0.3) is 5.82 Å². The number of aryl methyl sites for hydroxylation is 2. The number of hydrogen-bond donors (Lipinski definition) is 0. The van der Waals surface area contributed by atoms with Crippen LogP contribution in [-0.4, -0.2) is 2.78 Å². The molecule has 1 heterocycles. The topological polar surface area (TPSA) is 8.81 Å². The van der Waals surface area contributed by atoms with Crippen LogP contribution in [0.15, 0.2) is 36.7 Å². The van der Waals surface area contributed by atoms with Crippen molar-refractivity contribution in [2.45, 2.75) is 6.92 Å². The Morgan fingerprint density at radius 3 is 2.57 bits per heavy atom. The van der Waals surface area contributed by atoms with E-state index in [1.54, 1.807) is 0 Å². The monoisotopic (exact) mass is 299 g/mol. The van der Waals surface area contributed by atoms with E-state index in [1.807, 2.05) is 0 Å². The van der Waals surface area contributed by atoms with Crippen molar-refractivity contribution >= 4 is 22.9 Å². The Balaban J connectivity index is 2.66. The number of imidazole rings is 1. The average Bonchev–Trinajstić information content (AvgIpc) is 2.48. The third-order valence-electron chi connectivity index (χ3n) is 2.34. The lowest BCUT2D eigenvalue weighted by Gasteiger charge is -2.01. The van der Waals surface area contributed by atoms with Crippen LogP contribution in [-0.2, 0) is 7.05 Å². The van der Waals surface area contributed by atoms with Crippen LogP contribution in [0.4, 0.5) is 0 Å². The predicted octanol–water partition coefficient (Wildman–Crippen LogP) is 2.49. The van der Waals surface area contributed by atoms with Crippen LogP contribution in [0.25, 0.3) is 11.4 Å². The lowest BCUT2D eigenvalue weighted by molar-refractivity contribution is -0.659. The van der Waals surface area contributed by atoms with Gasteiger partial charge in [0, 0.05) is 0 Å². The molecule has 2 aromatic rings. The van der Waals surface area contributed by atoms with Crippen molar-refractivity contribution < 1.29 is 4.57 Å². The highest BCUT2D eigenvalue weighted by Crippen LogP contribution is 2.21. The fourth-order valence-corrected chi connectivity index (χ4v) is 2.32. The van der Waals surface area contributed by atoms with E-state index in [0.717, 1.165) is 0 Å². The van der Waals surface area contributed by atoms with E-state index in [9.17, 15) is 0 Å². The van der Waals surface area contributed by atoms with Gasteiger partial charge in [0.1, 0.15) is 12.4 Å². The Bertz CT molecular complexity index is 441. The Morgan fingerprint density at radius 1 is 1.29 bits per heavy atom. The summed E-state index contributed by atoms with van der Waals surface area (Å²) in [5.74, 6) is 1.23. The summed E-state index contributed by atoms with van der Waals surface area (Å²) in [6.45, 7) is 2.14. The molecule has 0 amide bonds. The highest BCUT2D eigenvalue weighted by Gasteiger charge is 2.16. The van der Waals surface area contributed by atoms with Crippen LogP contribution in [0.2, 0.25) is 0 Å². The molecule has 1 aromatic carbocycles. The molecule has 0 aliphatic carbocycles. The molecule has 0 spiro atoms. The van der Waals surface area contributed by atoms with Crippen LogP contribution in [0.1, 0.15) is 5.56 Å². The van der Waals surface area contributed by atoms with Crippen molar-refractivity contribution in [3.05, 3.63) is 42.2 Å². The number of halogens is 1. The molecule has 0 saturated heterocycles. The molecule has 3 heteroatoms. The molecule has 1 aromatic heterocycles. The fraction of sp³-hybridized carbons (Fsp3) is 0.182. The SMILES string of the molecule is Cc1ccccc1-c1n(I)cc[n+]1C. The van der Waals surface area contributed by atoms with E-state index in [1.165, 1.54) is 17.0 Å². The van der Waals surface area contributed by atoms with Gasteiger partial charge in [-0.1, -0.05) is 18.2 Å². The van der Waals surface area contributed by atoms with Crippen molar-refractivity contribution in [3.8, 4) is 11.4 Å². The number of nitrogens with zero attached hydrogens (tertiary/aromatic N) is 2. The molecule has 72 valence electrons. The van der Waals surface area contributed by atoms with Crippen LogP contribution < -0.4 is 4.57 Å². The van der Waals surface area contributed by atoms with Gasteiger partial charge in [-0.3, -0.25) is 0 Å². The molecule has 0 aliphatic rings. The van der Waals surface area contributed by atoms with Gasteiger partial charge >= 0.3 is 0 Å². The summed E-state index contributed by atoms with van der Waals surface area (Å²) in [4.78, 5) is 0. The van der Waals surface area contributed by atoms with Crippen LogP contribution in [0.5, 0.6) is 0 Å². The first-order valence-electron chi connectivity index (χ1n) is 4.49. The quantitative estimate of drug-likeness (QED) is 0.565. The predicted molar refractivity (Wildman–Crippen MR) is 65.2 cm³/mol. The number of hydrogen-bond acceptors (Lipinski definition) is 0. The smallest absolute Gasteiger partial charge is 0.232 e. The maximum Gasteiger partial charge on any atom is 0.297 e. The lowest BCUT2D eigenvalue weighted by atomic mass is 10.1. The van der Waals surface area contributed by atoms with E-state index >= 15 is 0 Å². The molecular weight excluding hydrogens is 287 g/mol. The number of aromatic nitrogens is 2. The molecule has 0 unspecified atom stereocenters. The van der Waals surface area contributed by atoms with E-state index in [4.69, 9.17) is 0 Å². The standard InChI is InChI=1S/C11H12IN2/c1-9-5-3-4-6-10(9)11-13(2)7-8-14(11)12/h3-8H,1-2H3/q+1. The van der Waals surface area contributed by atoms with Gasteiger partial charge in [-0.25, -0.2) is 4.57 Å². The summed E-state index contributed by atoms with van der Waals surface area (Å²) in [6.07, 6.45) is 4.12. The minimum atomic E-state index is 1.23. The van der Waals surface area contributed by atoms with Crippen LogP contribution in [0.3, 0.4) is 0 Å². The molecule has 2 rings (SSSR count). The van der Waals surface area contributed by atoms with Crippen molar-refractivity contribution in [3.63, 3.8) is 0 Å². The minimum absolute atomic E-state index is 1.23. The van der Waals surface area contributed by atoms with Crippen LogP contribution in [0, 0.1) is 6.92 Å². The molecule has 0 radical (unpaired) electrons. The highest BCUT2D eigenvalue weighted by molar-refractivity contribution is 14.1. The molecule has 0 aliphatic heterocycles. The first kappa shape index (κ1) is 9.71. The zero-order valence-electron chi connectivity index (χ0n) is 8.24. The van der Waals surface area contributed by atoms with Crippen molar-refractivity contribution in [2.75, 3.05) is 0 Å². The first-order chi connectivity index (χ1) is 6.70. The van der Waals surface area contributed by atoms with Gasteiger partial charge in [0.2, 0.25) is 22.9 Å². The number of rotatable bonds is 1. The molecular formula is C11H12IN2+. The van der Waals surface area contributed by atoms with Gasteiger partial charge < -0.3 is 0 Å². The second-order valence-corrected chi connectivity index (χ2v) is 4.40. The molecule has 0 bridgehead atoms.